The van der Waals surface area contributed by atoms with E-state index in [1.165, 1.54) is 18.3 Å². The van der Waals surface area contributed by atoms with Crippen molar-refractivity contribution in [2.45, 2.75) is 63.3 Å². The van der Waals surface area contributed by atoms with Crippen molar-refractivity contribution in [1.82, 2.24) is 15.6 Å². The second-order valence-corrected chi connectivity index (χ2v) is 9.45. The molecular weight excluding hydrogens is 538 g/mol. The Balaban J connectivity index is 1.62. The summed E-state index contributed by atoms with van der Waals surface area (Å²) >= 11 is 0. The van der Waals surface area contributed by atoms with Crippen LogP contribution in [0.5, 0.6) is 5.75 Å². The van der Waals surface area contributed by atoms with E-state index in [0.717, 1.165) is 4.90 Å². The molecule has 0 unspecified atom stereocenters. The Morgan fingerprint density at radius 2 is 1.78 bits per heavy atom. The smallest absolute Gasteiger partial charge is 0.408 e. The van der Waals surface area contributed by atoms with Gasteiger partial charge in [0.1, 0.15) is 30.5 Å². The molecule has 0 fully saturated rings. The number of nitrogens with two attached hydrogens (primary N) is 1. The summed E-state index contributed by atoms with van der Waals surface area (Å²) in [6.45, 7) is 0.113. The van der Waals surface area contributed by atoms with Gasteiger partial charge in [-0.3, -0.25) is 19.5 Å². The minimum atomic E-state index is -1.48. The fourth-order valence-corrected chi connectivity index (χ4v) is 4.40. The number of para-hydroxylation sites is 1. The van der Waals surface area contributed by atoms with Crippen molar-refractivity contribution in [2.75, 3.05) is 11.4 Å². The molecule has 0 saturated carbocycles. The average Bonchev–Trinajstić information content (AvgIpc) is 3.34. The molecule has 1 aromatic carbocycles. The molecule has 14 heteroatoms. The van der Waals surface area contributed by atoms with Crippen LogP contribution in [0.3, 0.4) is 0 Å². The summed E-state index contributed by atoms with van der Waals surface area (Å²) in [6, 6.07) is 5.83. The van der Waals surface area contributed by atoms with Crippen LogP contribution in [0.15, 0.2) is 42.6 Å². The number of aromatic hydroxyl groups is 1. The third-order valence-corrected chi connectivity index (χ3v) is 6.51. The summed E-state index contributed by atoms with van der Waals surface area (Å²) in [5, 5.41) is 33.4. The van der Waals surface area contributed by atoms with Gasteiger partial charge >= 0.3 is 18.0 Å². The molecule has 0 spiro atoms. The number of aromatic nitrogens is 1. The first-order valence-electron chi connectivity index (χ1n) is 13.0. The number of hydrogen-bond donors (Lipinski definition) is 6. The van der Waals surface area contributed by atoms with Crippen molar-refractivity contribution < 1.29 is 44.0 Å². The van der Waals surface area contributed by atoms with Crippen LogP contribution in [-0.4, -0.2) is 74.8 Å². The Labute approximate surface area is 235 Å². The fraction of sp³-hybridized carbons (Fsp3) is 0.407. The van der Waals surface area contributed by atoms with Gasteiger partial charge in [-0.1, -0.05) is 18.2 Å². The lowest BCUT2D eigenvalue weighted by atomic mass is 10.1. The SMILES string of the molecule is NCCCC[C@H](NC(=O)OCc1ccc(O)cn1)C(=O)N[C@H](CCC(=O)N1c2ccccc2C[C@H]1C(=O)O)C(=O)O. The van der Waals surface area contributed by atoms with Gasteiger partial charge in [-0.15, -0.1) is 0 Å². The minimum absolute atomic E-state index is 0.0588. The van der Waals surface area contributed by atoms with E-state index in [4.69, 9.17) is 10.5 Å². The van der Waals surface area contributed by atoms with Gasteiger partial charge in [0.25, 0.3) is 0 Å². The molecule has 0 aliphatic carbocycles. The zero-order valence-electron chi connectivity index (χ0n) is 22.2. The Kier molecular flexibility index (Phi) is 11.0. The van der Waals surface area contributed by atoms with Crippen molar-refractivity contribution in [3.8, 4) is 5.75 Å². The first-order valence-corrected chi connectivity index (χ1v) is 13.0. The van der Waals surface area contributed by atoms with Crippen molar-refractivity contribution >= 4 is 35.5 Å². The maximum atomic E-state index is 13.0. The third kappa shape index (κ3) is 8.63. The molecule has 7 N–H and O–H groups in total. The van der Waals surface area contributed by atoms with E-state index in [1.54, 1.807) is 24.3 Å². The zero-order chi connectivity index (χ0) is 29.9. The monoisotopic (exact) mass is 571 g/mol. The van der Waals surface area contributed by atoms with E-state index in [-0.39, 0.29) is 38.0 Å². The lowest BCUT2D eigenvalue weighted by Gasteiger charge is -2.24. The number of benzene rings is 1. The number of carbonyl (C=O) groups excluding carboxylic acids is 3. The number of nitrogens with one attached hydrogen (secondary N) is 2. The molecule has 2 heterocycles. The van der Waals surface area contributed by atoms with E-state index >= 15 is 0 Å². The third-order valence-electron chi connectivity index (χ3n) is 6.51. The minimum Gasteiger partial charge on any atom is -0.506 e. The average molecular weight is 572 g/mol. The zero-order valence-corrected chi connectivity index (χ0v) is 22.2. The number of hydrogen-bond acceptors (Lipinski definition) is 9. The molecule has 41 heavy (non-hydrogen) atoms. The Morgan fingerprint density at radius 3 is 2.44 bits per heavy atom. The molecule has 0 bridgehead atoms. The number of carbonyl (C=O) groups is 5. The lowest BCUT2D eigenvalue weighted by molar-refractivity contribution is -0.143. The second kappa shape index (κ2) is 14.6. The number of rotatable bonds is 14. The molecule has 220 valence electrons. The Bertz CT molecular complexity index is 1250. The number of anilines is 1. The van der Waals surface area contributed by atoms with E-state index < -0.39 is 48.0 Å². The van der Waals surface area contributed by atoms with E-state index in [1.807, 2.05) is 0 Å². The van der Waals surface area contributed by atoms with Gasteiger partial charge in [-0.05, 0) is 56.0 Å². The molecule has 3 rings (SSSR count). The molecule has 0 saturated heterocycles. The second-order valence-electron chi connectivity index (χ2n) is 9.45. The van der Waals surface area contributed by atoms with E-state index in [0.29, 0.717) is 36.3 Å². The number of fused-ring (bicyclic) bond motifs is 1. The van der Waals surface area contributed by atoms with Crippen molar-refractivity contribution in [3.05, 3.63) is 53.9 Å². The summed E-state index contributed by atoms with van der Waals surface area (Å²) < 4.78 is 5.09. The highest BCUT2D eigenvalue weighted by Crippen LogP contribution is 2.33. The standard InChI is InChI=1S/C27H33N5O9/c28-12-4-3-6-19(31-27(40)41-15-17-8-9-18(33)14-29-17)24(35)30-20(25(36)37)10-11-23(34)32-21-7-2-1-5-16(21)13-22(32)26(38)39/h1-2,5,7-9,14,19-20,22,33H,3-4,6,10-13,15,28H2,(H,30,35)(H,31,40)(H,36,37)(H,38,39)/t19-,20+,22-/m0/s1. The van der Waals surface area contributed by atoms with Crippen molar-refractivity contribution in [1.29, 1.82) is 0 Å². The summed E-state index contributed by atoms with van der Waals surface area (Å²) in [5.41, 5.74) is 7.02. The number of carboxylic acid groups (broad SMARTS) is 2. The highest BCUT2D eigenvalue weighted by molar-refractivity contribution is 6.02. The first-order chi connectivity index (χ1) is 19.6. The highest BCUT2D eigenvalue weighted by atomic mass is 16.5. The van der Waals surface area contributed by atoms with E-state index in [2.05, 4.69) is 15.6 Å². The van der Waals surface area contributed by atoms with Crippen LogP contribution in [0.25, 0.3) is 0 Å². The van der Waals surface area contributed by atoms with Gasteiger partial charge in [-0.2, -0.15) is 0 Å². The topological polar surface area (TPSA) is 221 Å². The van der Waals surface area contributed by atoms with Crippen molar-refractivity contribution in [3.63, 3.8) is 0 Å². The number of ether oxygens (including phenoxy) is 1. The quantitative estimate of drug-likeness (QED) is 0.175. The maximum absolute atomic E-state index is 13.0. The fourth-order valence-electron chi connectivity index (χ4n) is 4.40. The molecule has 2 aromatic rings. The molecule has 1 aliphatic rings. The number of carboxylic acids is 2. The summed E-state index contributed by atoms with van der Waals surface area (Å²) in [6.07, 6.45) is 0.867. The first kappa shape index (κ1) is 30.8. The number of unbranched alkanes of at least 4 members (excludes halogenated alkanes) is 1. The molecule has 3 amide bonds. The molecule has 14 nitrogen and oxygen atoms in total. The van der Waals surface area contributed by atoms with Gasteiger partial charge in [-0.25, -0.2) is 14.4 Å². The molecule has 0 radical (unpaired) electrons. The molecule has 1 aliphatic heterocycles. The molecular formula is C27H33N5O9. The predicted molar refractivity (Wildman–Crippen MR) is 144 cm³/mol. The van der Waals surface area contributed by atoms with Crippen LogP contribution < -0.4 is 21.3 Å². The van der Waals surface area contributed by atoms with Crippen molar-refractivity contribution in [2.24, 2.45) is 5.73 Å². The normalized spacial score (nSPS) is 15.3. The van der Waals surface area contributed by atoms with Crippen LogP contribution in [0.4, 0.5) is 10.5 Å². The van der Waals surface area contributed by atoms with Crippen LogP contribution in [0.1, 0.15) is 43.4 Å². The Hall–Kier alpha value is -4.72. The number of nitrogens with zero attached hydrogens (tertiary/aromatic N) is 2. The molecule has 3 atom stereocenters. The molecule has 1 aromatic heterocycles. The van der Waals surface area contributed by atoms with Crippen LogP contribution in [0, 0.1) is 0 Å². The number of pyridine rings is 1. The van der Waals surface area contributed by atoms with Crippen LogP contribution >= 0.6 is 0 Å². The van der Waals surface area contributed by atoms with Crippen LogP contribution in [-0.2, 0) is 36.9 Å². The van der Waals surface area contributed by atoms with Gasteiger partial charge in [0.15, 0.2) is 0 Å². The summed E-state index contributed by atoms with van der Waals surface area (Å²) in [7, 11) is 0. The van der Waals surface area contributed by atoms with E-state index in [9.17, 15) is 39.3 Å². The van der Waals surface area contributed by atoms with Crippen LogP contribution in [0.2, 0.25) is 0 Å². The van der Waals surface area contributed by atoms with Gasteiger partial charge in [0, 0.05) is 18.5 Å². The Morgan fingerprint density at radius 1 is 1.02 bits per heavy atom. The maximum Gasteiger partial charge on any atom is 0.408 e. The van der Waals surface area contributed by atoms with Gasteiger partial charge in [0.2, 0.25) is 11.8 Å². The largest absolute Gasteiger partial charge is 0.506 e. The van der Waals surface area contributed by atoms with Gasteiger partial charge in [0.05, 0.1) is 11.9 Å². The number of amides is 3. The lowest BCUT2D eigenvalue weighted by Crippen LogP contribution is -2.52. The number of aliphatic carboxylic acids is 2. The van der Waals surface area contributed by atoms with Gasteiger partial charge < -0.3 is 36.4 Å². The predicted octanol–water partition coefficient (Wildman–Crippen LogP) is 0.903. The summed E-state index contributed by atoms with van der Waals surface area (Å²) in [5.74, 6) is -4.03. The summed E-state index contributed by atoms with van der Waals surface area (Å²) in [4.78, 5) is 67.2. The number of alkyl carbamates (subject to hydrolysis) is 1. The highest BCUT2D eigenvalue weighted by Gasteiger charge is 2.38.